The second-order valence-corrected chi connectivity index (χ2v) is 4.82. The van der Waals surface area contributed by atoms with E-state index in [9.17, 15) is 0 Å². The van der Waals surface area contributed by atoms with Gasteiger partial charge in [0.25, 0.3) is 0 Å². The molecule has 0 bridgehead atoms. The largest absolute Gasteiger partial charge is 0.309 e. The molecular formula is C14H18IN. The van der Waals surface area contributed by atoms with Gasteiger partial charge in [-0.25, -0.2) is 0 Å². The Balaban J connectivity index is 2.81. The van der Waals surface area contributed by atoms with Crippen molar-refractivity contribution in [1.82, 2.24) is 5.32 Å². The molecule has 16 heavy (non-hydrogen) atoms. The zero-order valence-corrected chi connectivity index (χ0v) is 12.0. The van der Waals surface area contributed by atoms with Crippen LogP contribution in [0.1, 0.15) is 38.3 Å². The van der Waals surface area contributed by atoms with Crippen LogP contribution in [0.2, 0.25) is 0 Å². The minimum atomic E-state index is 0.362. The average Bonchev–Trinajstić information content (AvgIpc) is 2.31. The van der Waals surface area contributed by atoms with Gasteiger partial charge in [0.2, 0.25) is 0 Å². The molecule has 0 aliphatic heterocycles. The minimum absolute atomic E-state index is 0.362. The summed E-state index contributed by atoms with van der Waals surface area (Å²) in [6, 6.07) is 8.87. The maximum atomic E-state index is 3.55. The first-order valence-electron chi connectivity index (χ1n) is 5.67. The van der Waals surface area contributed by atoms with E-state index in [0.29, 0.717) is 6.04 Å². The molecule has 2 heteroatoms. The van der Waals surface area contributed by atoms with Crippen LogP contribution in [0.3, 0.4) is 0 Å². The lowest BCUT2D eigenvalue weighted by atomic mass is 10.0. The smallest absolute Gasteiger partial charge is 0.0441 e. The Kier molecular flexibility index (Phi) is 6.51. The van der Waals surface area contributed by atoms with Gasteiger partial charge in [-0.15, -0.1) is 11.8 Å². The van der Waals surface area contributed by atoms with Crippen LogP contribution in [0.4, 0.5) is 0 Å². The number of hydrogen-bond acceptors (Lipinski definition) is 1. The van der Waals surface area contributed by atoms with Gasteiger partial charge in [-0.05, 0) is 54.1 Å². The van der Waals surface area contributed by atoms with Crippen LogP contribution >= 0.6 is 22.6 Å². The average molecular weight is 327 g/mol. The monoisotopic (exact) mass is 327 g/mol. The first-order chi connectivity index (χ1) is 7.79. The molecule has 1 nitrogen and oxygen atoms in total. The van der Waals surface area contributed by atoms with Gasteiger partial charge >= 0.3 is 0 Å². The maximum Gasteiger partial charge on any atom is 0.0441 e. The summed E-state index contributed by atoms with van der Waals surface area (Å²) in [5.41, 5.74) is 1.36. The number of nitrogens with one attached hydrogen (secondary N) is 1. The molecule has 0 amide bonds. The summed E-state index contributed by atoms with van der Waals surface area (Å²) in [4.78, 5) is 0. The van der Waals surface area contributed by atoms with E-state index in [4.69, 9.17) is 0 Å². The van der Waals surface area contributed by atoms with Gasteiger partial charge in [0, 0.05) is 16.0 Å². The molecule has 1 aromatic rings. The predicted molar refractivity (Wildman–Crippen MR) is 78.3 cm³/mol. The van der Waals surface area contributed by atoms with E-state index in [0.717, 1.165) is 19.4 Å². The molecule has 1 unspecified atom stereocenters. The molecule has 0 aromatic heterocycles. The summed E-state index contributed by atoms with van der Waals surface area (Å²) in [6.45, 7) is 5.12. The van der Waals surface area contributed by atoms with Crippen LogP contribution in [0.15, 0.2) is 24.3 Å². The molecule has 0 spiro atoms. The molecule has 1 N–H and O–H groups in total. The van der Waals surface area contributed by atoms with Crippen molar-refractivity contribution in [3.8, 4) is 11.8 Å². The van der Waals surface area contributed by atoms with Gasteiger partial charge in [0.15, 0.2) is 0 Å². The zero-order chi connectivity index (χ0) is 11.8. The van der Waals surface area contributed by atoms with E-state index >= 15 is 0 Å². The summed E-state index contributed by atoms with van der Waals surface area (Å²) in [5.74, 6) is 6.14. The highest BCUT2D eigenvalue weighted by Crippen LogP contribution is 2.22. The Hall–Kier alpha value is -0.530. The Morgan fingerprint density at radius 3 is 2.75 bits per heavy atom. The second-order valence-electron chi connectivity index (χ2n) is 3.66. The summed E-state index contributed by atoms with van der Waals surface area (Å²) >= 11 is 2.39. The highest BCUT2D eigenvalue weighted by molar-refractivity contribution is 14.1. The normalized spacial score (nSPS) is 11.7. The number of benzene rings is 1. The van der Waals surface area contributed by atoms with Gasteiger partial charge in [0.1, 0.15) is 0 Å². The molecule has 0 aliphatic carbocycles. The van der Waals surface area contributed by atoms with Gasteiger partial charge in [-0.1, -0.05) is 25.1 Å². The molecule has 1 aromatic carbocycles. The molecule has 0 saturated carbocycles. The van der Waals surface area contributed by atoms with Crippen molar-refractivity contribution in [2.24, 2.45) is 0 Å². The third kappa shape index (κ3) is 4.15. The molecule has 1 atom stereocenters. The Morgan fingerprint density at radius 1 is 1.38 bits per heavy atom. The van der Waals surface area contributed by atoms with Crippen LogP contribution in [0.5, 0.6) is 0 Å². The van der Waals surface area contributed by atoms with Crippen molar-refractivity contribution in [1.29, 1.82) is 0 Å². The number of hydrogen-bond donors (Lipinski definition) is 1. The molecule has 0 heterocycles. The van der Waals surface area contributed by atoms with E-state index in [2.05, 4.69) is 70.9 Å². The van der Waals surface area contributed by atoms with Crippen molar-refractivity contribution in [2.45, 2.75) is 32.7 Å². The Labute approximate surface area is 112 Å². The summed E-state index contributed by atoms with van der Waals surface area (Å²) in [7, 11) is 0. The quantitative estimate of drug-likeness (QED) is 0.642. The topological polar surface area (TPSA) is 12.0 Å². The lowest BCUT2D eigenvalue weighted by Gasteiger charge is -2.17. The van der Waals surface area contributed by atoms with Gasteiger partial charge in [-0.3, -0.25) is 0 Å². The SMILES string of the molecule is CC#CCC(NCCC)c1ccccc1I. The standard InChI is InChI=1S/C14H18IN/c1-3-5-10-14(16-11-4-2)12-8-6-7-9-13(12)15/h6-9,14,16H,4,10-11H2,1-2H3. The maximum absolute atomic E-state index is 3.55. The highest BCUT2D eigenvalue weighted by atomic mass is 127. The third-order valence-electron chi connectivity index (χ3n) is 2.40. The molecule has 0 radical (unpaired) electrons. The molecule has 1 rings (SSSR count). The van der Waals surface area contributed by atoms with Crippen LogP contribution in [-0.2, 0) is 0 Å². The van der Waals surface area contributed by atoms with Crippen molar-refractivity contribution in [3.05, 3.63) is 33.4 Å². The minimum Gasteiger partial charge on any atom is -0.309 e. The summed E-state index contributed by atoms with van der Waals surface area (Å²) in [5, 5.41) is 3.55. The fraction of sp³-hybridized carbons (Fsp3) is 0.429. The van der Waals surface area contributed by atoms with Crippen LogP contribution in [0, 0.1) is 15.4 Å². The van der Waals surface area contributed by atoms with Crippen molar-refractivity contribution >= 4 is 22.6 Å². The predicted octanol–water partition coefficient (Wildman–Crippen LogP) is 3.75. The molecule has 0 saturated heterocycles. The molecular weight excluding hydrogens is 309 g/mol. The van der Waals surface area contributed by atoms with Crippen LogP contribution < -0.4 is 5.32 Å². The van der Waals surface area contributed by atoms with E-state index in [1.165, 1.54) is 9.13 Å². The molecule has 0 fully saturated rings. The Bertz CT molecular complexity index is 376. The molecule has 86 valence electrons. The first-order valence-corrected chi connectivity index (χ1v) is 6.74. The fourth-order valence-electron chi connectivity index (χ4n) is 1.57. The van der Waals surface area contributed by atoms with E-state index < -0.39 is 0 Å². The van der Waals surface area contributed by atoms with Gasteiger partial charge in [0.05, 0.1) is 0 Å². The number of rotatable bonds is 5. The summed E-state index contributed by atoms with van der Waals surface area (Å²) in [6.07, 6.45) is 2.04. The van der Waals surface area contributed by atoms with Crippen LogP contribution in [0.25, 0.3) is 0 Å². The lowest BCUT2D eigenvalue weighted by Crippen LogP contribution is -2.22. The first kappa shape index (κ1) is 13.5. The van der Waals surface area contributed by atoms with Crippen molar-refractivity contribution < 1.29 is 0 Å². The van der Waals surface area contributed by atoms with E-state index in [1.807, 2.05) is 6.92 Å². The van der Waals surface area contributed by atoms with Crippen molar-refractivity contribution in [2.75, 3.05) is 6.54 Å². The zero-order valence-electron chi connectivity index (χ0n) is 9.89. The van der Waals surface area contributed by atoms with Gasteiger partial charge < -0.3 is 5.32 Å². The fourth-order valence-corrected chi connectivity index (χ4v) is 2.34. The molecule has 0 aliphatic rings. The number of halogens is 1. The highest BCUT2D eigenvalue weighted by Gasteiger charge is 2.11. The van der Waals surface area contributed by atoms with Crippen LogP contribution in [-0.4, -0.2) is 6.54 Å². The van der Waals surface area contributed by atoms with Crippen molar-refractivity contribution in [3.63, 3.8) is 0 Å². The van der Waals surface area contributed by atoms with E-state index in [1.54, 1.807) is 0 Å². The third-order valence-corrected chi connectivity index (χ3v) is 3.39. The lowest BCUT2D eigenvalue weighted by molar-refractivity contribution is 0.540. The Morgan fingerprint density at radius 2 is 2.12 bits per heavy atom. The van der Waals surface area contributed by atoms with E-state index in [-0.39, 0.29) is 0 Å². The second kappa shape index (κ2) is 7.70. The van der Waals surface area contributed by atoms with Gasteiger partial charge in [-0.2, -0.15) is 0 Å². The summed E-state index contributed by atoms with van der Waals surface area (Å²) < 4.78 is 1.31.